The third-order valence-corrected chi connectivity index (χ3v) is 2.24. The molecule has 70 valence electrons. The van der Waals surface area contributed by atoms with Crippen LogP contribution in [0.15, 0.2) is 12.3 Å². The standard InChI is InChI=1S/C9H13N3O/c1-12-9(7-3-4-10-5-7)8(13-2)6-11-12/h3,6,10H,4-5H2,1-2H3. The number of hydrogen-bond acceptors (Lipinski definition) is 3. The van der Waals surface area contributed by atoms with Crippen molar-refractivity contribution in [2.24, 2.45) is 7.05 Å². The topological polar surface area (TPSA) is 39.1 Å². The molecule has 0 fully saturated rings. The third kappa shape index (κ3) is 1.33. The van der Waals surface area contributed by atoms with Crippen LogP contribution in [0.4, 0.5) is 0 Å². The zero-order valence-corrected chi connectivity index (χ0v) is 7.87. The predicted octanol–water partition coefficient (Wildman–Crippen LogP) is 0.415. The van der Waals surface area contributed by atoms with Gasteiger partial charge >= 0.3 is 0 Å². The maximum absolute atomic E-state index is 5.23. The average molecular weight is 179 g/mol. The molecule has 1 aliphatic rings. The highest BCUT2D eigenvalue weighted by Gasteiger charge is 2.15. The van der Waals surface area contributed by atoms with E-state index < -0.39 is 0 Å². The molecule has 0 spiro atoms. The molecule has 1 aromatic heterocycles. The van der Waals surface area contributed by atoms with E-state index in [0.29, 0.717) is 0 Å². The van der Waals surface area contributed by atoms with Crippen LogP contribution >= 0.6 is 0 Å². The molecule has 0 aliphatic carbocycles. The van der Waals surface area contributed by atoms with Crippen molar-refractivity contribution in [3.63, 3.8) is 0 Å². The summed E-state index contributed by atoms with van der Waals surface area (Å²) in [6.45, 7) is 1.83. The zero-order chi connectivity index (χ0) is 9.26. The molecule has 2 rings (SSSR count). The van der Waals surface area contributed by atoms with E-state index in [2.05, 4.69) is 16.5 Å². The molecule has 0 radical (unpaired) electrons. The van der Waals surface area contributed by atoms with Gasteiger partial charge in [0.05, 0.1) is 13.3 Å². The minimum atomic E-state index is 0.845. The molecular formula is C9H13N3O. The van der Waals surface area contributed by atoms with Gasteiger partial charge in [-0.3, -0.25) is 4.68 Å². The lowest BCUT2D eigenvalue weighted by Gasteiger charge is -2.05. The number of hydrogen-bond donors (Lipinski definition) is 1. The van der Waals surface area contributed by atoms with Gasteiger partial charge in [0.25, 0.3) is 0 Å². The minimum absolute atomic E-state index is 0.845. The largest absolute Gasteiger partial charge is 0.493 e. The van der Waals surface area contributed by atoms with E-state index >= 15 is 0 Å². The van der Waals surface area contributed by atoms with Gasteiger partial charge in [0.2, 0.25) is 0 Å². The average Bonchev–Trinajstić information content (AvgIpc) is 2.72. The highest BCUT2D eigenvalue weighted by molar-refractivity contribution is 5.70. The molecule has 0 saturated heterocycles. The zero-order valence-electron chi connectivity index (χ0n) is 7.87. The van der Waals surface area contributed by atoms with Gasteiger partial charge in [-0.1, -0.05) is 6.08 Å². The second kappa shape index (κ2) is 3.22. The maximum Gasteiger partial charge on any atom is 0.164 e. The van der Waals surface area contributed by atoms with E-state index in [9.17, 15) is 0 Å². The fourth-order valence-corrected chi connectivity index (χ4v) is 1.59. The van der Waals surface area contributed by atoms with E-state index in [1.54, 1.807) is 13.3 Å². The SMILES string of the molecule is COc1cnn(C)c1C1=CCNC1. The Balaban J connectivity index is 2.41. The molecule has 4 heteroatoms. The van der Waals surface area contributed by atoms with Gasteiger partial charge in [0, 0.05) is 20.1 Å². The number of nitrogens with one attached hydrogen (secondary N) is 1. The smallest absolute Gasteiger partial charge is 0.164 e. The first-order valence-electron chi connectivity index (χ1n) is 4.29. The number of methoxy groups -OCH3 is 1. The van der Waals surface area contributed by atoms with Crippen LogP contribution in [0.25, 0.3) is 5.57 Å². The number of rotatable bonds is 2. The third-order valence-electron chi connectivity index (χ3n) is 2.24. The van der Waals surface area contributed by atoms with E-state index in [4.69, 9.17) is 4.74 Å². The number of aryl methyl sites for hydroxylation is 1. The van der Waals surface area contributed by atoms with Gasteiger partial charge in [-0.2, -0.15) is 5.10 Å². The van der Waals surface area contributed by atoms with Gasteiger partial charge in [0.15, 0.2) is 5.75 Å². The van der Waals surface area contributed by atoms with Crippen molar-refractivity contribution in [2.45, 2.75) is 0 Å². The summed E-state index contributed by atoms with van der Waals surface area (Å²) in [6, 6.07) is 0. The van der Waals surface area contributed by atoms with Gasteiger partial charge in [-0.15, -0.1) is 0 Å². The van der Waals surface area contributed by atoms with Gasteiger partial charge in [-0.25, -0.2) is 0 Å². The van der Waals surface area contributed by atoms with Crippen LogP contribution in [0, 0.1) is 0 Å². The van der Waals surface area contributed by atoms with E-state index in [1.165, 1.54) is 5.57 Å². The van der Waals surface area contributed by atoms with Crippen molar-refractivity contribution >= 4 is 5.57 Å². The Labute approximate surface area is 77.2 Å². The quantitative estimate of drug-likeness (QED) is 0.715. The van der Waals surface area contributed by atoms with Crippen LogP contribution in [0.1, 0.15) is 5.69 Å². The summed E-state index contributed by atoms with van der Waals surface area (Å²) < 4.78 is 7.07. The number of nitrogens with zero attached hydrogens (tertiary/aromatic N) is 2. The van der Waals surface area contributed by atoms with Crippen LogP contribution in [0.5, 0.6) is 5.75 Å². The van der Waals surface area contributed by atoms with Crippen LogP contribution in [-0.4, -0.2) is 30.0 Å². The van der Waals surface area contributed by atoms with Crippen LogP contribution < -0.4 is 10.1 Å². The summed E-state index contributed by atoms with van der Waals surface area (Å²) in [5.41, 5.74) is 2.34. The van der Waals surface area contributed by atoms with Crippen LogP contribution in [0.2, 0.25) is 0 Å². The lowest BCUT2D eigenvalue weighted by Crippen LogP contribution is -2.09. The molecule has 2 heterocycles. The van der Waals surface area contributed by atoms with E-state index in [1.807, 2.05) is 11.7 Å². The Hall–Kier alpha value is -1.29. The molecule has 0 unspecified atom stereocenters. The highest BCUT2D eigenvalue weighted by Crippen LogP contribution is 2.25. The van der Waals surface area contributed by atoms with Gasteiger partial charge < -0.3 is 10.1 Å². The Kier molecular flexibility index (Phi) is 2.06. The Morgan fingerprint density at radius 2 is 2.46 bits per heavy atom. The van der Waals surface area contributed by atoms with Crippen LogP contribution in [0.3, 0.4) is 0 Å². The second-order valence-corrected chi connectivity index (χ2v) is 3.05. The highest BCUT2D eigenvalue weighted by atomic mass is 16.5. The van der Waals surface area contributed by atoms with Crippen molar-refractivity contribution in [3.05, 3.63) is 18.0 Å². The maximum atomic E-state index is 5.23. The molecule has 0 saturated carbocycles. The minimum Gasteiger partial charge on any atom is -0.493 e. The van der Waals surface area contributed by atoms with Gasteiger partial charge in [-0.05, 0) is 5.57 Å². The second-order valence-electron chi connectivity index (χ2n) is 3.05. The van der Waals surface area contributed by atoms with Crippen molar-refractivity contribution in [2.75, 3.05) is 20.2 Å². The first kappa shape index (κ1) is 8.31. The lowest BCUT2D eigenvalue weighted by atomic mass is 10.2. The molecule has 0 amide bonds. The first-order chi connectivity index (χ1) is 6.33. The molecule has 13 heavy (non-hydrogen) atoms. The lowest BCUT2D eigenvalue weighted by molar-refractivity contribution is 0.412. The predicted molar refractivity (Wildman–Crippen MR) is 50.6 cm³/mol. The fraction of sp³-hybridized carbons (Fsp3) is 0.444. The van der Waals surface area contributed by atoms with Crippen LogP contribution in [-0.2, 0) is 7.05 Å². The van der Waals surface area contributed by atoms with Gasteiger partial charge in [0.1, 0.15) is 5.69 Å². The summed E-state index contributed by atoms with van der Waals surface area (Å²) in [5.74, 6) is 0.845. The summed E-state index contributed by atoms with van der Waals surface area (Å²) in [7, 11) is 3.60. The molecule has 0 bridgehead atoms. The molecule has 0 aromatic carbocycles. The summed E-state index contributed by atoms with van der Waals surface area (Å²) in [6.07, 6.45) is 3.91. The van der Waals surface area contributed by atoms with Crippen molar-refractivity contribution in [1.82, 2.24) is 15.1 Å². The summed E-state index contributed by atoms with van der Waals surface area (Å²) >= 11 is 0. The molecule has 1 aromatic rings. The summed E-state index contributed by atoms with van der Waals surface area (Å²) in [5, 5.41) is 7.40. The first-order valence-corrected chi connectivity index (χ1v) is 4.29. The normalized spacial score (nSPS) is 16.0. The molecule has 0 atom stereocenters. The molecule has 4 nitrogen and oxygen atoms in total. The van der Waals surface area contributed by atoms with Crippen molar-refractivity contribution in [3.8, 4) is 5.75 Å². The molecular weight excluding hydrogens is 166 g/mol. The van der Waals surface area contributed by atoms with Crippen molar-refractivity contribution < 1.29 is 4.74 Å². The Morgan fingerprint density at radius 1 is 1.62 bits per heavy atom. The monoisotopic (exact) mass is 179 g/mol. The Morgan fingerprint density at radius 3 is 3.08 bits per heavy atom. The Bertz CT molecular complexity index is 341. The van der Waals surface area contributed by atoms with E-state index in [-0.39, 0.29) is 0 Å². The molecule has 1 aliphatic heterocycles. The number of ether oxygens (including phenoxy) is 1. The van der Waals surface area contributed by atoms with E-state index in [0.717, 1.165) is 24.5 Å². The summed E-state index contributed by atoms with van der Waals surface area (Å²) in [4.78, 5) is 0. The fourth-order valence-electron chi connectivity index (χ4n) is 1.59. The number of aromatic nitrogens is 2. The van der Waals surface area contributed by atoms with Crippen molar-refractivity contribution in [1.29, 1.82) is 0 Å². The molecule has 1 N–H and O–H groups in total.